The van der Waals surface area contributed by atoms with Crippen molar-refractivity contribution < 1.29 is 9.59 Å². The SMILES string of the molecule is Cl.N[C@@H]1CN(C(=O)CCN2C(=O)CSc3ccccc32)C[C@H]1c1ccccc1. The molecule has 0 bridgehead atoms. The van der Waals surface area contributed by atoms with Gasteiger partial charge in [-0.3, -0.25) is 9.59 Å². The topological polar surface area (TPSA) is 66.6 Å². The molecule has 4 rings (SSSR count). The number of benzene rings is 2. The van der Waals surface area contributed by atoms with Crippen LogP contribution in [0.3, 0.4) is 0 Å². The standard InChI is InChI=1S/C21H23N3O2S.ClH/c22-17-13-23(12-16(17)15-6-2-1-3-7-15)20(25)10-11-24-18-8-4-5-9-19(18)27-14-21(24)26;/h1-9,16-17H,10-14,22H2;1H/t16-,17+;/m0./s1. The number of para-hydroxylation sites is 1. The van der Waals surface area contributed by atoms with Crippen LogP contribution < -0.4 is 10.6 Å². The Hall–Kier alpha value is -2.02. The molecule has 2 aromatic rings. The van der Waals surface area contributed by atoms with E-state index in [2.05, 4.69) is 12.1 Å². The van der Waals surface area contributed by atoms with E-state index >= 15 is 0 Å². The van der Waals surface area contributed by atoms with Gasteiger partial charge >= 0.3 is 0 Å². The summed E-state index contributed by atoms with van der Waals surface area (Å²) in [5.41, 5.74) is 8.39. The van der Waals surface area contributed by atoms with E-state index in [4.69, 9.17) is 5.73 Å². The molecule has 1 fully saturated rings. The van der Waals surface area contributed by atoms with Crippen molar-refractivity contribution in [1.29, 1.82) is 0 Å². The van der Waals surface area contributed by atoms with Crippen molar-refractivity contribution in [3.05, 3.63) is 60.2 Å². The molecule has 2 atom stereocenters. The van der Waals surface area contributed by atoms with Gasteiger partial charge in [0.05, 0.1) is 11.4 Å². The van der Waals surface area contributed by atoms with Gasteiger partial charge in [0, 0.05) is 42.9 Å². The zero-order valence-corrected chi connectivity index (χ0v) is 17.1. The molecule has 0 spiro atoms. The van der Waals surface area contributed by atoms with Crippen LogP contribution in [-0.2, 0) is 9.59 Å². The summed E-state index contributed by atoms with van der Waals surface area (Å²) in [5, 5.41) is 0. The molecule has 2 N–H and O–H groups in total. The molecule has 0 radical (unpaired) electrons. The Morgan fingerprint density at radius 1 is 1.07 bits per heavy atom. The minimum atomic E-state index is -0.0508. The first kappa shape index (κ1) is 20.7. The summed E-state index contributed by atoms with van der Waals surface area (Å²) in [4.78, 5) is 29.8. The Bertz CT molecular complexity index is 849. The Morgan fingerprint density at radius 2 is 1.79 bits per heavy atom. The van der Waals surface area contributed by atoms with Crippen molar-refractivity contribution in [2.24, 2.45) is 5.73 Å². The molecule has 0 saturated carbocycles. The van der Waals surface area contributed by atoms with E-state index in [1.54, 1.807) is 16.7 Å². The molecule has 148 valence electrons. The Morgan fingerprint density at radius 3 is 2.57 bits per heavy atom. The van der Waals surface area contributed by atoms with Crippen LogP contribution in [-0.4, -0.2) is 48.1 Å². The Kier molecular flexibility index (Phi) is 6.65. The molecule has 2 heterocycles. The van der Waals surface area contributed by atoms with Crippen LogP contribution in [0.2, 0.25) is 0 Å². The smallest absolute Gasteiger partial charge is 0.237 e. The Balaban J connectivity index is 0.00000225. The highest BCUT2D eigenvalue weighted by atomic mass is 35.5. The van der Waals surface area contributed by atoms with E-state index in [1.165, 1.54) is 5.56 Å². The number of anilines is 1. The predicted octanol–water partition coefficient (Wildman–Crippen LogP) is 2.89. The van der Waals surface area contributed by atoms with Gasteiger partial charge in [-0.25, -0.2) is 0 Å². The highest BCUT2D eigenvalue weighted by molar-refractivity contribution is 8.00. The average molecular weight is 418 g/mol. The van der Waals surface area contributed by atoms with Gasteiger partial charge in [0.25, 0.3) is 0 Å². The van der Waals surface area contributed by atoms with Gasteiger partial charge in [0.1, 0.15) is 0 Å². The van der Waals surface area contributed by atoms with Gasteiger partial charge in [0.15, 0.2) is 0 Å². The lowest BCUT2D eigenvalue weighted by atomic mass is 9.95. The van der Waals surface area contributed by atoms with E-state index in [9.17, 15) is 9.59 Å². The number of rotatable bonds is 4. The summed E-state index contributed by atoms with van der Waals surface area (Å²) in [6.45, 7) is 1.63. The second-order valence-electron chi connectivity index (χ2n) is 7.03. The van der Waals surface area contributed by atoms with Gasteiger partial charge in [0.2, 0.25) is 11.8 Å². The second-order valence-corrected chi connectivity index (χ2v) is 8.05. The van der Waals surface area contributed by atoms with Crippen molar-refractivity contribution in [3.8, 4) is 0 Å². The number of hydrogen-bond acceptors (Lipinski definition) is 4. The zero-order chi connectivity index (χ0) is 18.8. The molecule has 0 aromatic heterocycles. The Labute approximate surface area is 175 Å². The number of hydrogen-bond donors (Lipinski definition) is 1. The van der Waals surface area contributed by atoms with Gasteiger partial charge in [-0.1, -0.05) is 42.5 Å². The quantitative estimate of drug-likeness (QED) is 0.830. The van der Waals surface area contributed by atoms with Crippen molar-refractivity contribution in [1.82, 2.24) is 4.90 Å². The van der Waals surface area contributed by atoms with Gasteiger partial charge in [-0.05, 0) is 17.7 Å². The summed E-state index contributed by atoms with van der Waals surface area (Å²) in [6.07, 6.45) is 0.318. The predicted molar refractivity (Wildman–Crippen MR) is 115 cm³/mol. The molecular weight excluding hydrogens is 394 g/mol. The van der Waals surface area contributed by atoms with Gasteiger partial charge in [-0.2, -0.15) is 0 Å². The molecular formula is C21H24ClN3O2S. The number of fused-ring (bicyclic) bond motifs is 1. The number of halogens is 1. The molecule has 2 amide bonds. The maximum absolute atomic E-state index is 12.8. The minimum Gasteiger partial charge on any atom is -0.340 e. The van der Waals surface area contributed by atoms with Crippen molar-refractivity contribution in [2.45, 2.75) is 23.3 Å². The summed E-state index contributed by atoms with van der Waals surface area (Å²) in [6, 6.07) is 17.9. The summed E-state index contributed by atoms with van der Waals surface area (Å²) >= 11 is 1.56. The van der Waals surface area contributed by atoms with Crippen molar-refractivity contribution in [2.75, 3.05) is 30.3 Å². The van der Waals surface area contributed by atoms with Crippen LogP contribution in [0, 0.1) is 0 Å². The lowest BCUT2D eigenvalue weighted by Gasteiger charge is -2.29. The molecule has 0 aliphatic carbocycles. The summed E-state index contributed by atoms with van der Waals surface area (Å²) in [7, 11) is 0. The fourth-order valence-electron chi connectivity index (χ4n) is 3.85. The number of nitrogens with zero attached hydrogens (tertiary/aromatic N) is 2. The molecule has 28 heavy (non-hydrogen) atoms. The van der Waals surface area contributed by atoms with Crippen LogP contribution >= 0.6 is 24.2 Å². The van der Waals surface area contributed by atoms with Crippen LogP contribution in [0.4, 0.5) is 5.69 Å². The third kappa shape index (κ3) is 4.19. The number of likely N-dealkylation sites (tertiary alicyclic amines) is 1. The molecule has 2 aliphatic rings. The fraction of sp³-hybridized carbons (Fsp3) is 0.333. The molecule has 2 aromatic carbocycles. The zero-order valence-electron chi connectivity index (χ0n) is 15.5. The largest absolute Gasteiger partial charge is 0.340 e. The van der Waals surface area contributed by atoms with Crippen LogP contribution in [0.15, 0.2) is 59.5 Å². The maximum Gasteiger partial charge on any atom is 0.237 e. The third-order valence-corrected chi connectivity index (χ3v) is 6.35. The average Bonchev–Trinajstić information content (AvgIpc) is 3.09. The van der Waals surface area contributed by atoms with E-state index in [0.29, 0.717) is 31.8 Å². The van der Waals surface area contributed by atoms with Gasteiger partial charge in [-0.15, -0.1) is 24.2 Å². The first-order chi connectivity index (χ1) is 13.1. The number of carbonyl (C=O) groups excluding carboxylic acids is 2. The first-order valence-corrected chi connectivity index (χ1v) is 10.2. The van der Waals surface area contributed by atoms with Crippen LogP contribution in [0.1, 0.15) is 17.9 Å². The van der Waals surface area contributed by atoms with Crippen molar-refractivity contribution in [3.63, 3.8) is 0 Å². The van der Waals surface area contributed by atoms with Gasteiger partial charge < -0.3 is 15.5 Å². The molecule has 0 unspecified atom stereocenters. The maximum atomic E-state index is 12.8. The number of nitrogens with two attached hydrogens (primary N) is 1. The lowest BCUT2D eigenvalue weighted by Crippen LogP contribution is -2.39. The monoisotopic (exact) mass is 417 g/mol. The van der Waals surface area contributed by atoms with Crippen molar-refractivity contribution >= 4 is 41.7 Å². The summed E-state index contributed by atoms with van der Waals surface area (Å²) < 4.78 is 0. The van der Waals surface area contributed by atoms with E-state index < -0.39 is 0 Å². The highest BCUT2D eigenvalue weighted by Gasteiger charge is 2.34. The number of amides is 2. The minimum absolute atomic E-state index is 0. The third-order valence-electron chi connectivity index (χ3n) is 5.30. The summed E-state index contributed by atoms with van der Waals surface area (Å²) in [5.74, 6) is 0.721. The number of carbonyl (C=O) groups is 2. The van der Waals surface area contributed by atoms with E-state index in [-0.39, 0.29) is 36.2 Å². The second kappa shape index (κ2) is 8.99. The van der Waals surface area contributed by atoms with E-state index in [1.807, 2.05) is 47.4 Å². The first-order valence-electron chi connectivity index (χ1n) is 9.24. The normalized spacial score (nSPS) is 21.2. The molecule has 5 nitrogen and oxygen atoms in total. The lowest BCUT2D eigenvalue weighted by molar-refractivity contribution is -0.130. The fourth-order valence-corrected chi connectivity index (χ4v) is 4.79. The molecule has 7 heteroatoms. The van der Waals surface area contributed by atoms with Crippen LogP contribution in [0.5, 0.6) is 0 Å². The number of thioether (sulfide) groups is 1. The van der Waals surface area contributed by atoms with E-state index in [0.717, 1.165) is 10.6 Å². The molecule has 1 saturated heterocycles. The molecule has 2 aliphatic heterocycles. The highest BCUT2D eigenvalue weighted by Crippen LogP contribution is 2.35. The van der Waals surface area contributed by atoms with Crippen LogP contribution in [0.25, 0.3) is 0 Å².